The molecule has 2 aromatic heterocycles. The molecule has 4 rings (SSSR count). The summed E-state index contributed by atoms with van der Waals surface area (Å²) in [4.78, 5) is 35.0. The van der Waals surface area contributed by atoms with Gasteiger partial charge in [0.1, 0.15) is 5.65 Å². The van der Waals surface area contributed by atoms with E-state index in [1.807, 2.05) is 12.1 Å². The summed E-state index contributed by atoms with van der Waals surface area (Å²) in [5, 5.41) is 3.99. The van der Waals surface area contributed by atoms with E-state index in [0.717, 1.165) is 30.6 Å². The van der Waals surface area contributed by atoms with E-state index in [9.17, 15) is 9.59 Å². The average molecular weight is 410 g/mol. The molecule has 0 spiro atoms. The zero-order valence-electron chi connectivity index (χ0n) is 17.1. The first-order chi connectivity index (χ1) is 14.7. The SMILES string of the molecule is CCOC(=O)C1=C(NCCN2CCCCC2)OC(=Cc2c[nH]c3ncccc23)C1=O. The van der Waals surface area contributed by atoms with Crippen LogP contribution in [-0.4, -0.2) is 59.4 Å². The van der Waals surface area contributed by atoms with Crippen molar-refractivity contribution in [3.05, 3.63) is 47.3 Å². The van der Waals surface area contributed by atoms with E-state index in [1.54, 1.807) is 25.4 Å². The molecular formula is C22H26N4O4. The summed E-state index contributed by atoms with van der Waals surface area (Å²) < 4.78 is 10.9. The van der Waals surface area contributed by atoms with Gasteiger partial charge in [0.05, 0.1) is 6.61 Å². The Bertz CT molecular complexity index is 1000. The number of esters is 1. The highest BCUT2D eigenvalue weighted by molar-refractivity contribution is 6.26. The van der Waals surface area contributed by atoms with E-state index in [0.29, 0.717) is 12.2 Å². The third-order valence-corrected chi connectivity index (χ3v) is 5.30. The Hall–Kier alpha value is -3.13. The normalized spacial score (nSPS) is 18.8. The maximum atomic E-state index is 12.9. The number of hydrogen-bond donors (Lipinski definition) is 2. The molecule has 158 valence electrons. The molecule has 2 aliphatic heterocycles. The Labute approximate surface area is 174 Å². The van der Waals surface area contributed by atoms with Crippen LogP contribution in [0.5, 0.6) is 0 Å². The number of pyridine rings is 1. The summed E-state index contributed by atoms with van der Waals surface area (Å²) >= 11 is 0. The molecule has 0 bridgehead atoms. The van der Waals surface area contributed by atoms with Gasteiger partial charge in [-0.15, -0.1) is 0 Å². The van der Waals surface area contributed by atoms with Gasteiger partial charge in [-0.05, 0) is 51.1 Å². The number of Topliss-reactive ketones (excluding diaryl/α,β-unsaturated/α-hetero) is 1. The lowest BCUT2D eigenvalue weighted by atomic mass is 10.1. The average Bonchev–Trinajstić information content (AvgIpc) is 3.30. The summed E-state index contributed by atoms with van der Waals surface area (Å²) in [7, 11) is 0. The standard InChI is InChI=1S/C22H26N4O4/c1-2-29-22(28)18-19(27)17(13-15-14-25-20-16(15)7-6-8-23-20)30-21(18)24-9-12-26-10-4-3-5-11-26/h6-8,13-14,24H,2-5,9-12H2,1H3,(H,23,25). The molecule has 0 unspecified atom stereocenters. The number of rotatable bonds is 7. The number of nitrogens with zero attached hydrogens (tertiary/aromatic N) is 2. The molecule has 0 amide bonds. The molecule has 0 aromatic carbocycles. The number of hydrogen-bond acceptors (Lipinski definition) is 7. The van der Waals surface area contributed by atoms with Crippen molar-refractivity contribution in [3.8, 4) is 0 Å². The summed E-state index contributed by atoms with van der Waals surface area (Å²) in [6.45, 7) is 5.44. The van der Waals surface area contributed by atoms with Gasteiger partial charge < -0.3 is 24.7 Å². The van der Waals surface area contributed by atoms with Gasteiger partial charge >= 0.3 is 5.97 Å². The molecule has 2 N–H and O–H groups in total. The Morgan fingerprint density at radius 2 is 2.20 bits per heavy atom. The molecule has 8 heteroatoms. The molecular weight excluding hydrogens is 384 g/mol. The van der Waals surface area contributed by atoms with Crippen LogP contribution in [0.3, 0.4) is 0 Å². The number of aromatic nitrogens is 2. The molecule has 0 saturated carbocycles. The quantitative estimate of drug-likeness (QED) is 0.411. The van der Waals surface area contributed by atoms with Gasteiger partial charge in [0, 0.05) is 36.4 Å². The topological polar surface area (TPSA) is 96.6 Å². The van der Waals surface area contributed by atoms with Gasteiger partial charge in [0.25, 0.3) is 0 Å². The van der Waals surface area contributed by atoms with Crippen molar-refractivity contribution in [2.45, 2.75) is 26.2 Å². The van der Waals surface area contributed by atoms with Crippen molar-refractivity contribution in [1.82, 2.24) is 20.2 Å². The van der Waals surface area contributed by atoms with E-state index in [4.69, 9.17) is 9.47 Å². The maximum Gasteiger partial charge on any atom is 0.347 e. The van der Waals surface area contributed by atoms with E-state index in [-0.39, 0.29) is 23.8 Å². The van der Waals surface area contributed by atoms with Crippen molar-refractivity contribution >= 4 is 28.9 Å². The first-order valence-corrected chi connectivity index (χ1v) is 10.4. The van der Waals surface area contributed by atoms with Gasteiger partial charge in [0.2, 0.25) is 11.7 Å². The fourth-order valence-electron chi connectivity index (χ4n) is 3.79. The molecule has 1 saturated heterocycles. The highest BCUT2D eigenvalue weighted by Gasteiger charge is 2.36. The minimum atomic E-state index is -0.674. The fraction of sp³-hybridized carbons (Fsp3) is 0.409. The predicted octanol–water partition coefficient (Wildman–Crippen LogP) is 2.35. The lowest BCUT2D eigenvalue weighted by Crippen LogP contribution is -2.36. The second-order valence-corrected chi connectivity index (χ2v) is 7.34. The minimum absolute atomic E-state index is 0.0836. The second-order valence-electron chi connectivity index (χ2n) is 7.34. The maximum absolute atomic E-state index is 12.9. The number of fused-ring (bicyclic) bond motifs is 1. The van der Waals surface area contributed by atoms with Crippen molar-refractivity contribution in [2.24, 2.45) is 0 Å². The van der Waals surface area contributed by atoms with Gasteiger partial charge in [-0.25, -0.2) is 9.78 Å². The Balaban J connectivity index is 1.52. The van der Waals surface area contributed by atoms with Crippen LogP contribution < -0.4 is 5.32 Å². The smallest absolute Gasteiger partial charge is 0.347 e. The number of ketones is 1. The number of ether oxygens (including phenoxy) is 2. The third kappa shape index (κ3) is 4.23. The summed E-state index contributed by atoms with van der Waals surface area (Å²) in [6.07, 6.45) is 8.76. The Kier molecular flexibility index (Phi) is 6.13. The van der Waals surface area contributed by atoms with Crippen molar-refractivity contribution in [2.75, 3.05) is 32.8 Å². The van der Waals surface area contributed by atoms with E-state index in [1.165, 1.54) is 19.3 Å². The molecule has 0 aliphatic carbocycles. The van der Waals surface area contributed by atoms with Crippen molar-refractivity contribution in [1.29, 1.82) is 0 Å². The number of H-pyrrole nitrogens is 1. The second kappa shape index (κ2) is 9.13. The lowest BCUT2D eigenvalue weighted by molar-refractivity contribution is -0.139. The van der Waals surface area contributed by atoms with Crippen molar-refractivity contribution < 1.29 is 19.1 Å². The van der Waals surface area contributed by atoms with Crippen LogP contribution in [0.1, 0.15) is 31.7 Å². The number of nitrogens with one attached hydrogen (secondary N) is 2. The van der Waals surface area contributed by atoms with Crippen LogP contribution in [0, 0.1) is 0 Å². The number of likely N-dealkylation sites (tertiary alicyclic amines) is 1. The predicted molar refractivity (Wildman–Crippen MR) is 112 cm³/mol. The van der Waals surface area contributed by atoms with Gasteiger partial charge in [-0.1, -0.05) is 6.42 Å². The van der Waals surface area contributed by atoms with Crippen LogP contribution in [0.25, 0.3) is 17.1 Å². The van der Waals surface area contributed by atoms with Crippen LogP contribution in [0.4, 0.5) is 0 Å². The van der Waals surface area contributed by atoms with E-state index < -0.39 is 11.8 Å². The molecule has 0 atom stereocenters. The molecule has 2 aromatic rings. The Morgan fingerprint density at radius 3 is 3.00 bits per heavy atom. The number of aromatic amines is 1. The molecule has 30 heavy (non-hydrogen) atoms. The Morgan fingerprint density at radius 1 is 1.37 bits per heavy atom. The number of piperidine rings is 1. The van der Waals surface area contributed by atoms with Crippen molar-refractivity contribution in [3.63, 3.8) is 0 Å². The van der Waals surface area contributed by atoms with Gasteiger partial charge in [0.15, 0.2) is 11.3 Å². The van der Waals surface area contributed by atoms with E-state index in [2.05, 4.69) is 20.2 Å². The summed E-state index contributed by atoms with van der Waals surface area (Å²) in [6, 6.07) is 3.73. The molecule has 1 fully saturated rings. The molecule has 8 nitrogen and oxygen atoms in total. The highest BCUT2D eigenvalue weighted by atomic mass is 16.5. The monoisotopic (exact) mass is 410 g/mol. The molecule has 2 aliphatic rings. The van der Waals surface area contributed by atoms with Crippen LogP contribution >= 0.6 is 0 Å². The summed E-state index contributed by atoms with van der Waals surface area (Å²) in [5.41, 5.74) is 1.40. The lowest BCUT2D eigenvalue weighted by Gasteiger charge is -2.26. The van der Waals surface area contributed by atoms with Crippen LogP contribution in [-0.2, 0) is 19.1 Å². The number of allylic oxidation sites excluding steroid dienone is 1. The van der Waals surface area contributed by atoms with Crippen LogP contribution in [0.15, 0.2) is 41.7 Å². The zero-order valence-corrected chi connectivity index (χ0v) is 17.1. The van der Waals surface area contributed by atoms with Gasteiger partial charge in [-0.3, -0.25) is 4.79 Å². The van der Waals surface area contributed by atoms with Crippen LogP contribution in [0.2, 0.25) is 0 Å². The minimum Gasteiger partial charge on any atom is -0.462 e. The van der Waals surface area contributed by atoms with Gasteiger partial charge in [-0.2, -0.15) is 0 Å². The summed E-state index contributed by atoms with van der Waals surface area (Å²) in [5.74, 6) is -0.901. The molecule has 4 heterocycles. The first kappa shape index (κ1) is 20.2. The van der Waals surface area contributed by atoms with E-state index >= 15 is 0 Å². The first-order valence-electron chi connectivity index (χ1n) is 10.4. The molecule has 0 radical (unpaired) electrons. The highest BCUT2D eigenvalue weighted by Crippen LogP contribution is 2.28. The fourth-order valence-corrected chi connectivity index (χ4v) is 3.79. The third-order valence-electron chi connectivity index (χ3n) is 5.30. The largest absolute Gasteiger partial charge is 0.462 e. The number of carbonyl (C=O) groups excluding carboxylic acids is 2. The zero-order chi connectivity index (χ0) is 20.9. The number of carbonyl (C=O) groups is 2.